The number of rotatable bonds is 2. The first kappa shape index (κ1) is 24.5. The molecule has 2 saturated heterocycles. The monoisotopic (exact) mass is 470 g/mol. The van der Waals surface area contributed by atoms with E-state index in [0.717, 1.165) is 10.9 Å². The van der Waals surface area contributed by atoms with E-state index < -0.39 is 12.1 Å². The van der Waals surface area contributed by atoms with Crippen LogP contribution in [0, 0.1) is 0 Å². The summed E-state index contributed by atoms with van der Waals surface area (Å²) in [5.41, 5.74) is 1.30. The Kier molecular flexibility index (Phi) is 6.70. The van der Waals surface area contributed by atoms with Gasteiger partial charge in [0, 0.05) is 37.7 Å². The standard InChI is InChI=1S/C19H24N4O3.C2HF3O2/c1-21(2)18(25)16-9-26-19(10-22(16)3)11-23(12-19)17(24)14-8-20-15-7-5-4-6-13(14)15;3-2(4,5)1(6)7/h4-8,16,20H,9-12H2,1-3H3;(H,6,7). The van der Waals surface area contributed by atoms with Gasteiger partial charge in [-0.05, 0) is 13.1 Å². The van der Waals surface area contributed by atoms with Crippen molar-refractivity contribution >= 4 is 28.7 Å². The lowest BCUT2D eigenvalue weighted by molar-refractivity contribution is -0.192. The van der Waals surface area contributed by atoms with E-state index in [1.807, 2.05) is 41.1 Å². The number of benzene rings is 1. The number of hydrogen-bond acceptors (Lipinski definition) is 5. The normalized spacial score (nSPS) is 20.1. The van der Waals surface area contributed by atoms with Gasteiger partial charge >= 0.3 is 12.1 Å². The van der Waals surface area contributed by atoms with Crippen LogP contribution in [0.3, 0.4) is 0 Å². The lowest BCUT2D eigenvalue weighted by Gasteiger charge is -2.54. The van der Waals surface area contributed by atoms with E-state index in [4.69, 9.17) is 14.6 Å². The summed E-state index contributed by atoms with van der Waals surface area (Å²) < 4.78 is 37.8. The van der Waals surface area contributed by atoms with Gasteiger partial charge in [0.1, 0.15) is 11.6 Å². The Bertz CT molecular complexity index is 1050. The van der Waals surface area contributed by atoms with Crippen LogP contribution in [0.2, 0.25) is 0 Å². The molecule has 4 rings (SSSR count). The third-order valence-corrected chi connectivity index (χ3v) is 5.65. The number of halogens is 3. The third kappa shape index (κ3) is 5.11. The Morgan fingerprint density at radius 2 is 1.79 bits per heavy atom. The van der Waals surface area contributed by atoms with Gasteiger partial charge in [-0.15, -0.1) is 0 Å². The lowest BCUT2D eigenvalue weighted by atomic mass is 9.90. The highest BCUT2D eigenvalue weighted by molar-refractivity contribution is 6.07. The van der Waals surface area contributed by atoms with E-state index in [2.05, 4.69) is 4.98 Å². The number of carboxylic acid groups (broad SMARTS) is 1. The molecule has 9 nitrogen and oxygen atoms in total. The molecule has 12 heteroatoms. The molecule has 2 N–H and O–H groups in total. The highest BCUT2D eigenvalue weighted by atomic mass is 19.4. The van der Waals surface area contributed by atoms with Gasteiger partial charge in [-0.3, -0.25) is 14.5 Å². The molecule has 0 bridgehead atoms. The predicted molar refractivity (Wildman–Crippen MR) is 112 cm³/mol. The summed E-state index contributed by atoms with van der Waals surface area (Å²) in [6, 6.07) is 7.55. The molecule has 0 radical (unpaired) electrons. The summed E-state index contributed by atoms with van der Waals surface area (Å²) in [6.45, 7) is 2.12. The van der Waals surface area contributed by atoms with Gasteiger partial charge in [0.15, 0.2) is 0 Å². The van der Waals surface area contributed by atoms with Crippen LogP contribution in [0.5, 0.6) is 0 Å². The molecule has 1 atom stereocenters. The van der Waals surface area contributed by atoms with E-state index in [1.165, 1.54) is 0 Å². The van der Waals surface area contributed by atoms with Crippen molar-refractivity contribution in [2.45, 2.75) is 17.8 Å². The maximum Gasteiger partial charge on any atom is 0.490 e. The number of H-pyrrole nitrogens is 1. The first-order valence-electron chi connectivity index (χ1n) is 10.1. The van der Waals surface area contributed by atoms with Crippen LogP contribution in [0.1, 0.15) is 10.4 Å². The summed E-state index contributed by atoms with van der Waals surface area (Å²) in [5, 5.41) is 8.07. The number of para-hydroxylation sites is 1. The molecule has 2 amide bonds. The quantitative estimate of drug-likeness (QED) is 0.688. The number of alkyl halides is 3. The fourth-order valence-electron chi connectivity index (χ4n) is 3.95. The van der Waals surface area contributed by atoms with Gasteiger partial charge in [-0.25, -0.2) is 4.79 Å². The van der Waals surface area contributed by atoms with Crippen molar-refractivity contribution in [3.05, 3.63) is 36.0 Å². The van der Waals surface area contributed by atoms with Crippen molar-refractivity contribution in [3.63, 3.8) is 0 Å². The van der Waals surface area contributed by atoms with Crippen molar-refractivity contribution in [1.29, 1.82) is 0 Å². The fraction of sp³-hybridized carbons (Fsp3) is 0.476. The molecule has 3 heterocycles. The summed E-state index contributed by atoms with van der Waals surface area (Å²) in [7, 11) is 5.46. The maximum absolute atomic E-state index is 12.8. The molecule has 2 aliphatic heterocycles. The minimum absolute atomic E-state index is 0.0193. The van der Waals surface area contributed by atoms with Gasteiger partial charge in [-0.1, -0.05) is 18.2 Å². The number of nitrogens with zero attached hydrogens (tertiary/aromatic N) is 3. The van der Waals surface area contributed by atoms with E-state index in [0.29, 0.717) is 31.8 Å². The fourth-order valence-corrected chi connectivity index (χ4v) is 3.95. The van der Waals surface area contributed by atoms with Gasteiger partial charge in [-0.2, -0.15) is 13.2 Å². The smallest absolute Gasteiger partial charge is 0.475 e. The number of aromatic nitrogens is 1. The highest BCUT2D eigenvalue weighted by Gasteiger charge is 2.51. The van der Waals surface area contributed by atoms with E-state index in [1.54, 1.807) is 25.2 Å². The number of carbonyl (C=O) groups is 3. The summed E-state index contributed by atoms with van der Waals surface area (Å²) >= 11 is 0. The molecular formula is C21H25F3N4O5. The third-order valence-electron chi connectivity index (χ3n) is 5.65. The number of fused-ring (bicyclic) bond motifs is 1. The van der Waals surface area contributed by atoms with E-state index >= 15 is 0 Å². The molecule has 1 aromatic carbocycles. The van der Waals surface area contributed by atoms with Gasteiger partial charge in [0.25, 0.3) is 5.91 Å². The first-order chi connectivity index (χ1) is 15.3. The summed E-state index contributed by atoms with van der Waals surface area (Å²) in [4.78, 5) is 42.6. The molecule has 2 aromatic rings. The van der Waals surface area contributed by atoms with Gasteiger partial charge in [0.05, 0.1) is 25.3 Å². The Balaban J connectivity index is 0.000000383. The number of likely N-dealkylation sites (tertiary alicyclic amines) is 1. The zero-order valence-corrected chi connectivity index (χ0v) is 18.3. The number of ether oxygens (including phenoxy) is 1. The first-order valence-corrected chi connectivity index (χ1v) is 10.1. The minimum Gasteiger partial charge on any atom is -0.475 e. The second-order valence-electron chi connectivity index (χ2n) is 8.37. The van der Waals surface area contributed by atoms with Crippen molar-refractivity contribution < 1.29 is 37.4 Å². The minimum atomic E-state index is -5.08. The molecular weight excluding hydrogens is 445 g/mol. The highest BCUT2D eigenvalue weighted by Crippen LogP contribution is 2.33. The van der Waals surface area contributed by atoms with Crippen LogP contribution in [0.25, 0.3) is 10.9 Å². The summed E-state index contributed by atoms with van der Waals surface area (Å²) in [6.07, 6.45) is -3.31. The number of carboxylic acids is 1. The molecule has 1 spiro atoms. The number of carbonyl (C=O) groups excluding carboxylic acids is 2. The zero-order chi connectivity index (χ0) is 24.6. The number of aliphatic carboxylic acids is 1. The molecule has 180 valence electrons. The Morgan fingerprint density at radius 1 is 1.18 bits per heavy atom. The SMILES string of the molecule is CN(C)C(=O)C1COC2(CN(C(=O)c3c[nH]c4ccccc34)C2)CN1C.O=C(O)C(F)(F)F. The molecule has 2 fully saturated rings. The number of hydrogen-bond donors (Lipinski definition) is 2. The molecule has 0 saturated carbocycles. The van der Waals surface area contributed by atoms with E-state index in [9.17, 15) is 22.8 Å². The van der Waals surface area contributed by atoms with Gasteiger partial charge < -0.3 is 24.6 Å². The van der Waals surface area contributed by atoms with Crippen LogP contribution in [0.4, 0.5) is 13.2 Å². The number of amides is 2. The lowest BCUT2D eigenvalue weighted by Crippen LogP contribution is -2.73. The van der Waals surface area contributed by atoms with Crippen LogP contribution in [0.15, 0.2) is 30.5 Å². The molecule has 2 aliphatic rings. The summed E-state index contributed by atoms with van der Waals surface area (Å²) in [5.74, 6) is -2.69. The molecule has 1 unspecified atom stereocenters. The van der Waals surface area contributed by atoms with E-state index in [-0.39, 0.29) is 23.5 Å². The number of aromatic amines is 1. The second-order valence-corrected chi connectivity index (χ2v) is 8.37. The predicted octanol–water partition coefficient (Wildman–Crippen LogP) is 1.41. The second kappa shape index (κ2) is 9.02. The van der Waals surface area contributed by atoms with Crippen molar-refractivity contribution in [2.24, 2.45) is 0 Å². The number of nitrogens with one attached hydrogen (secondary N) is 1. The average molecular weight is 470 g/mol. The maximum atomic E-state index is 12.8. The zero-order valence-electron chi connectivity index (χ0n) is 18.3. The van der Waals surface area contributed by atoms with Crippen molar-refractivity contribution in [3.8, 4) is 0 Å². The largest absolute Gasteiger partial charge is 0.490 e. The van der Waals surface area contributed by atoms with Crippen LogP contribution < -0.4 is 0 Å². The van der Waals surface area contributed by atoms with Crippen LogP contribution in [-0.4, -0.2) is 108 Å². The van der Waals surface area contributed by atoms with Crippen LogP contribution in [-0.2, 0) is 14.3 Å². The van der Waals surface area contributed by atoms with Crippen molar-refractivity contribution in [1.82, 2.24) is 19.7 Å². The molecule has 0 aliphatic carbocycles. The van der Waals surface area contributed by atoms with Crippen LogP contribution >= 0.6 is 0 Å². The molecule has 33 heavy (non-hydrogen) atoms. The van der Waals surface area contributed by atoms with Crippen molar-refractivity contribution in [2.75, 3.05) is 47.4 Å². The van der Waals surface area contributed by atoms with Gasteiger partial charge in [0.2, 0.25) is 5.91 Å². The topological polar surface area (TPSA) is 106 Å². The Hall–Kier alpha value is -3.12. The number of morpholine rings is 1. The Labute approximate surface area is 187 Å². The molecule has 1 aromatic heterocycles. The number of likely N-dealkylation sites (N-methyl/N-ethyl adjacent to an activating group) is 2. The average Bonchev–Trinajstić information content (AvgIpc) is 3.14. The Morgan fingerprint density at radius 3 is 2.33 bits per heavy atom.